The Kier molecular flexibility index (Phi) is 4.92. The van der Waals surface area contributed by atoms with Crippen LogP contribution in [0.1, 0.15) is 25.7 Å². The fourth-order valence-electron chi connectivity index (χ4n) is 3.71. The normalized spacial score (nSPS) is 24.9. The zero-order chi connectivity index (χ0) is 17.1. The van der Waals surface area contributed by atoms with Gasteiger partial charge in [-0.15, -0.1) is 0 Å². The minimum Gasteiger partial charge on any atom is -0.467 e. The van der Waals surface area contributed by atoms with E-state index in [0.717, 1.165) is 31.5 Å². The lowest BCUT2D eigenvalue weighted by molar-refractivity contribution is 0.131. The largest absolute Gasteiger partial charge is 0.467 e. The van der Waals surface area contributed by atoms with Gasteiger partial charge in [0.1, 0.15) is 17.4 Å². The van der Waals surface area contributed by atoms with Crippen LogP contribution in [0.4, 0.5) is 4.39 Å². The first kappa shape index (κ1) is 16.5. The molecule has 5 heteroatoms. The lowest BCUT2D eigenvalue weighted by Gasteiger charge is -2.37. The summed E-state index contributed by atoms with van der Waals surface area (Å²) in [7, 11) is 0. The average molecular weight is 343 g/mol. The molecule has 1 saturated carbocycles. The molecule has 2 fully saturated rings. The third-order valence-electron chi connectivity index (χ3n) is 5.37. The summed E-state index contributed by atoms with van der Waals surface area (Å²) in [6.07, 6.45) is 11.2. The minimum absolute atomic E-state index is 0.226. The van der Waals surface area contributed by atoms with Crippen molar-refractivity contribution in [2.45, 2.75) is 38.0 Å². The van der Waals surface area contributed by atoms with Crippen molar-refractivity contribution in [3.05, 3.63) is 54.1 Å². The standard InChI is InChI=1S/C20H26FN3O/c21-16-8-10-18(11-9-16)25-20-7-2-6-19(22-20)24-13-3-12-23(14-15-24)17-4-1-5-17/h2,6-11,17,20,22H,1,3-5,12-15H2. The number of allylic oxidation sites excluding steroid dienone is 2. The van der Waals surface area contributed by atoms with Gasteiger partial charge in [-0.05, 0) is 55.7 Å². The van der Waals surface area contributed by atoms with Gasteiger partial charge in [-0.3, -0.25) is 4.90 Å². The molecule has 0 amide bonds. The van der Waals surface area contributed by atoms with Crippen LogP contribution in [0.15, 0.2) is 48.3 Å². The number of nitrogens with zero attached hydrogens (tertiary/aromatic N) is 2. The zero-order valence-electron chi connectivity index (χ0n) is 14.5. The lowest BCUT2D eigenvalue weighted by atomic mass is 9.91. The van der Waals surface area contributed by atoms with Gasteiger partial charge in [-0.2, -0.15) is 0 Å². The number of ether oxygens (including phenoxy) is 1. The van der Waals surface area contributed by atoms with Gasteiger partial charge < -0.3 is 15.0 Å². The maximum absolute atomic E-state index is 13.0. The molecule has 1 saturated heterocycles. The molecule has 134 valence electrons. The van der Waals surface area contributed by atoms with Gasteiger partial charge in [0.15, 0.2) is 6.23 Å². The Hall–Kier alpha value is -2.01. The molecule has 2 heterocycles. The number of rotatable bonds is 4. The Labute approximate surface area is 148 Å². The summed E-state index contributed by atoms with van der Waals surface area (Å²) in [5.74, 6) is 1.53. The predicted octanol–water partition coefficient (Wildman–Crippen LogP) is 3.09. The smallest absolute Gasteiger partial charge is 0.190 e. The highest BCUT2D eigenvalue weighted by molar-refractivity contribution is 5.25. The highest BCUT2D eigenvalue weighted by atomic mass is 19.1. The molecule has 1 atom stereocenters. The van der Waals surface area contributed by atoms with E-state index in [2.05, 4.69) is 21.2 Å². The molecule has 0 bridgehead atoms. The van der Waals surface area contributed by atoms with Crippen molar-refractivity contribution in [1.29, 1.82) is 0 Å². The van der Waals surface area contributed by atoms with E-state index >= 15 is 0 Å². The minimum atomic E-state index is -0.249. The van der Waals surface area contributed by atoms with Gasteiger partial charge in [0.2, 0.25) is 0 Å². The van der Waals surface area contributed by atoms with E-state index in [0.29, 0.717) is 5.75 Å². The molecular formula is C20H26FN3O. The Morgan fingerprint density at radius 2 is 1.84 bits per heavy atom. The first-order valence-electron chi connectivity index (χ1n) is 9.34. The summed E-state index contributed by atoms with van der Waals surface area (Å²) >= 11 is 0. The van der Waals surface area contributed by atoms with E-state index in [-0.39, 0.29) is 12.0 Å². The van der Waals surface area contributed by atoms with Crippen LogP contribution < -0.4 is 10.1 Å². The van der Waals surface area contributed by atoms with Crippen molar-refractivity contribution in [3.63, 3.8) is 0 Å². The van der Waals surface area contributed by atoms with Crippen molar-refractivity contribution in [2.24, 2.45) is 0 Å². The van der Waals surface area contributed by atoms with Crippen LogP contribution in [0.25, 0.3) is 0 Å². The molecular weight excluding hydrogens is 317 g/mol. The van der Waals surface area contributed by atoms with Crippen molar-refractivity contribution in [2.75, 3.05) is 26.2 Å². The van der Waals surface area contributed by atoms with Crippen LogP contribution >= 0.6 is 0 Å². The van der Waals surface area contributed by atoms with E-state index in [4.69, 9.17) is 4.74 Å². The maximum Gasteiger partial charge on any atom is 0.190 e. The monoisotopic (exact) mass is 343 g/mol. The van der Waals surface area contributed by atoms with Crippen LogP contribution in [-0.4, -0.2) is 48.2 Å². The van der Waals surface area contributed by atoms with Gasteiger partial charge in [0.05, 0.1) is 0 Å². The molecule has 0 spiro atoms. The van der Waals surface area contributed by atoms with Gasteiger partial charge in [0.25, 0.3) is 0 Å². The first-order chi connectivity index (χ1) is 12.3. The molecule has 4 rings (SSSR count). The molecule has 1 N–H and O–H groups in total. The van der Waals surface area contributed by atoms with Crippen molar-refractivity contribution >= 4 is 0 Å². The summed E-state index contributed by atoms with van der Waals surface area (Å²) in [4.78, 5) is 5.08. The SMILES string of the molecule is Fc1ccc(OC2C=CC=C(N3CCCN(C4CCC4)CC3)N2)cc1. The third-order valence-corrected chi connectivity index (χ3v) is 5.37. The van der Waals surface area contributed by atoms with E-state index in [1.165, 1.54) is 44.4 Å². The highest BCUT2D eigenvalue weighted by Crippen LogP contribution is 2.26. The number of nitrogens with one attached hydrogen (secondary N) is 1. The Morgan fingerprint density at radius 1 is 1.00 bits per heavy atom. The molecule has 1 aromatic rings. The average Bonchev–Trinajstić information content (AvgIpc) is 2.82. The molecule has 3 aliphatic rings. The molecule has 0 aromatic heterocycles. The lowest BCUT2D eigenvalue weighted by Crippen LogP contribution is -2.44. The molecule has 1 aliphatic carbocycles. The topological polar surface area (TPSA) is 27.7 Å². The van der Waals surface area contributed by atoms with Crippen LogP contribution in [0.5, 0.6) is 5.75 Å². The number of hydrogen-bond acceptors (Lipinski definition) is 4. The summed E-state index contributed by atoms with van der Waals surface area (Å²) in [5, 5.41) is 3.45. The molecule has 0 radical (unpaired) electrons. The van der Waals surface area contributed by atoms with Gasteiger partial charge in [-0.1, -0.05) is 12.5 Å². The third kappa shape index (κ3) is 3.98. The van der Waals surface area contributed by atoms with Gasteiger partial charge >= 0.3 is 0 Å². The highest BCUT2D eigenvalue weighted by Gasteiger charge is 2.27. The quantitative estimate of drug-likeness (QED) is 0.909. The van der Waals surface area contributed by atoms with Crippen LogP contribution in [-0.2, 0) is 0 Å². The number of benzene rings is 1. The second kappa shape index (κ2) is 7.48. The van der Waals surface area contributed by atoms with Crippen LogP contribution in [0.3, 0.4) is 0 Å². The molecule has 4 nitrogen and oxygen atoms in total. The zero-order valence-corrected chi connectivity index (χ0v) is 14.5. The second-order valence-electron chi connectivity index (χ2n) is 7.03. The van der Waals surface area contributed by atoms with Gasteiger partial charge in [0, 0.05) is 32.2 Å². The fourth-order valence-corrected chi connectivity index (χ4v) is 3.71. The van der Waals surface area contributed by atoms with E-state index in [9.17, 15) is 4.39 Å². The van der Waals surface area contributed by atoms with E-state index in [1.54, 1.807) is 12.1 Å². The summed E-state index contributed by atoms with van der Waals surface area (Å²) < 4.78 is 18.9. The second-order valence-corrected chi connectivity index (χ2v) is 7.03. The number of hydrogen-bond donors (Lipinski definition) is 1. The maximum atomic E-state index is 13.0. The summed E-state index contributed by atoms with van der Waals surface area (Å²) in [6.45, 7) is 4.46. The molecule has 2 aliphatic heterocycles. The fraction of sp³-hybridized carbons (Fsp3) is 0.500. The predicted molar refractivity (Wildman–Crippen MR) is 96.6 cm³/mol. The summed E-state index contributed by atoms with van der Waals surface area (Å²) in [6, 6.07) is 6.98. The number of halogens is 1. The molecule has 1 unspecified atom stereocenters. The van der Waals surface area contributed by atoms with Gasteiger partial charge in [-0.25, -0.2) is 4.39 Å². The number of dihydropyridines is 1. The van der Waals surface area contributed by atoms with Crippen molar-refractivity contribution < 1.29 is 9.13 Å². The van der Waals surface area contributed by atoms with Crippen molar-refractivity contribution in [3.8, 4) is 5.75 Å². The van der Waals surface area contributed by atoms with Crippen LogP contribution in [0.2, 0.25) is 0 Å². The Morgan fingerprint density at radius 3 is 2.60 bits per heavy atom. The van der Waals surface area contributed by atoms with Crippen molar-refractivity contribution in [1.82, 2.24) is 15.1 Å². The molecule has 25 heavy (non-hydrogen) atoms. The Balaban J connectivity index is 1.33. The van der Waals surface area contributed by atoms with E-state index in [1.807, 2.05) is 12.2 Å². The summed E-state index contributed by atoms with van der Waals surface area (Å²) in [5.41, 5.74) is 0. The van der Waals surface area contributed by atoms with E-state index < -0.39 is 0 Å². The molecule has 1 aromatic carbocycles. The Bertz CT molecular complexity index is 639. The van der Waals surface area contributed by atoms with Crippen LogP contribution in [0, 0.1) is 5.82 Å². The first-order valence-corrected chi connectivity index (χ1v) is 9.34.